The van der Waals surface area contributed by atoms with Crippen LogP contribution in [0.25, 0.3) is 0 Å². The first kappa shape index (κ1) is 23.2. The highest BCUT2D eigenvalue weighted by atomic mass is 32.2. The van der Waals surface area contributed by atoms with E-state index in [2.05, 4.69) is 21.4 Å². The van der Waals surface area contributed by atoms with Crippen molar-refractivity contribution in [2.45, 2.75) is 43.5 Å². The second-order valence-electron chi connectivity index (χ2n) is 8.80. The van der Waals surface area contributed by atoms with Gasteiger partial charge in [-0.25, -0.2) is 13.1 Å². The third-order valence-corrected chi connectivity index (χ3v) is 7.51. The van der Waals surface area contributed by atoms with Gasteiger partial charge in [-0.1, -0.05) is 13.0 Å². The van der Waals surface area contributed by atoms with Crippen molar-refractivity contribution in [3.63, 3.8) is 0 Å². The number of sulfonamides is 1. The number of nitrogens with zero attached hydrogens (tertiary/aromatic N) is 3. The predicted molar refractivity (Wildman–Crippen MR) is 119 cm³/mol. The summed E-state index contributed by atoms with van der Waals surface area (Å²) >= 11 is 0. The molecule has 1 saturated carbocycles. The highest BCUT2D eigenvalue weighted by molar-refractivity contribution is 7.89. The van der Waals surface area contributed by atoms with E-state index >= 15 is 0 Å². The molecule has 1 atom stereocenters. The molecule has 1 N–H and O–H groups in total. The van der Waals surface area contributed by atoms with Crippen LogP contribution >= 0.6 is 0 Å². The molecule has 1 aliphatic carbocycles. The van der Waals surface area contributed by atoms with E-state index in [1.54, 1.807) is 18.2 Å². The van der Waals surface area contributed by atoms with Crippen molar-refractivity contribution in [3.05, 3.63) is 29.8 Å². The van der Waals surface area contributed by atoms with E-state index in [4.69, 9.17) is 0 Å². The molecule has 0 radical (unpaired) electrons. The maximum atomic E-state index is 13.4. The lowest BCUT2D eigenvalue weighted by Gasteiger charge is -2.31. The molecule has 1 aliphatic heterocycles. The van der Waals surface area contributed by atoms with Crippen LogP contribution in [0.5, 0.6) is 0 Å². The fourth-order valence-corrected chi connectivity index (χ4v) is 5.14. The molecule has 2 fully saturated rings. The zero-order valence-corrected chi connectivity index (χ0v) is 19.3. The van der Waals surface area contributed by atoms with Crippen molar-refractivity contribution >= 4 is 15.9 Å². The monoisotopic (exact) mass is 436 g/mol. The summed E-state index contributed by atoms with van der Waals surface area (Å²) in [5, 5.41) is 0. The third kappa shape index (κ3) is 6.26. The van der Waals surface area contributed by atoms with Gasteiger partial charge in [0.2, 0.25) is 10.0 Å². The molecule has 1 saturated heterocycles. The maximum Gasteiger partial charge on any atom is 0.253 e. The van der Waals surface area contributed by atoms with Gasteiger partial charge in [-0.2, -0.15) is 0 Å². The van der Waals surface area contributed by atoms with Crippen LogP contribution in [0.4, 0.5) is 0 Å². The van der Waals surface area contributed by atoms with Crippen LogP contribution in [-0.2, 0) is 10.0 Å². The Morgan fingerprint density at radius 2 is 1.97 bits per heavy atom. The van der Waals surface area contributed by atoms with Crippen molar-refractivity contribution < 1.29 is 13.2 Å². The minimum Gasteiger partial charge on any atom is -0.336 e. The highest BCUT2D eigenvalue weighted by Crippen LogP contribution is 2.28. The summed E-state index contributed by atoms with van der Waals surface area (Å²) in [6.07, 6.45) is 4.42. The third-order valence-electron chi connectivity index (χ3n) is 6.09. The van der Waals surface area contributed by atoms with Crippen LogP contribution in [-0.4, -0.2) is 88.4 Å². The van der Waals surface area contributed by atoms with Gasteiger partial charge in [0.05, 0.1) is 4.90 Å². The molecule has 30 heavy (non-hydrogen) atoms. The molecule has 8 heteroatoms. The minimum absolute atomic E-state index is 0.0981. The Kier molecular flexibility index (Phi) is 7.90. The van der Waals surface area contributed by atoms with Gasteiger partial charge in [-0.05, 0) is 77.0 Å². The summed E-state index contributed by atoms with van der Waals surface area (Å²) in [4.78, 5) is 19.9. The summed E-state index contributed by atoms with van der Waals surface area (Å²) in [5.74, 6) is 0.359. The Bertz CT molecular complexity index is 823. The van der Waals surface area contributed by atoms with Gasteiger partial charge in [-0.15, -0.1) is 0 Å². The van der Waals surface area contributed by atoms with Crippen LogP contribution < -0.4 is 4.72 Å². The number of hydrogen-bond donors (Lipinski definition) is 1. The molecule has 2 aliphatic rings. The Labute approximate surface area is 181 Å². The van der Waals surface area contributed by atoms with E-state index in [1.165, 1.54) is 6.07 Å². The van der Waals surface area contributed by atoms with Gasteiger partial charge in [0.1, 0.15) is 0 Å². The van der Waals surface area contributed by atoms with E-state index in [1.807, 2.05) is 19.0 Å². The summed E-state index contributed by atoms with van der Waals surface area (Å²) in [6, 6.07) is 6.83. The van der Waals surface area contributed by atoms with E-state index in [-0.39, 0.29) is 10.8 Å². The number of hydrogen-bond acceptors (Lipinski definition) is 5. The molecule has 1 aromatic carbocycles. The molecule has 0 spiro atoms. The van der Waals surface area contributed by atoms with Crippen LogP contribution in [0.3, 0.4) is 0 Å². The lowest BCUT2D eigenvalue weighted by Crippen LogP contribution is -2.45. The second kappa shape index (κ2) is 10.2. The molecule has 3 rings (SSSR count). The fourth-order valence-electron chi connectivity index (χ4n) is 3.98. The van der Waals surface area contributed by atoms with Gasteiger partial charge in [0.25, 0.3) is 5.91 Å². The first-order valence-electron chi connectivity index (χ1n) is 11.1. The standard InChI is InChI=1S/C22H36N4O3S/c1-4-25-12-6-8-20(25)17-26(14-13-24(2)3)22(27)19-7-5-9-21(15-19)30(28,29)23-16-18-10-11-18/h5,7,9,15,18,20,23H,4,6,8,10-14,16-17H2,1-3H3/t20-/m0/s1. The van der Waals surface area contributed by atoms with Gasteiger partial charge >= 0.3 is 0 Å². The largest absolute Gasteiger partial charge is 0.336 e. The van der Waals surface area contributed by atoms with Crippen molar-refractivity contribution in [3.8, 4) is 0 Å². The molecule has 0 unspecified atom stereocenters. The minimum atomic E-state index is -3.60. The highest BCUT2D eigenvalue weighted by Gasteiger charge is 2.28. The molecule has 168 valence electrons. The average Bonchev–Trinajstić information content (AvgIpc) is 3.46. The van der Waals surface area contributed by atoms with Crippen LogP contribution in [0.1, 0.15) is 43.0 Å². The summed E-state index contributed by atoms with van der Waals surface area (Å²) < 4.78 is 27.9. The average molecular weight is 437 g/mol. The molecule has 1 aromatic rings. The lowest BCUT2D eigenvalue weighted by atomic mass is 10.1. The second-order valence-corrected chi connectivity index (χ2v) is 10.6. The first-order chi connectivity index (χ1) is 14.3. The number of likely N-dealkylation sites (N-methyl/N-ethyl adjacent to an activating group) is 2. The van der Waals surface area contributed by atoms with Crippen LogP contribution in [0.15, 0.2) is 29.2 Å². The quantitative estimate of drug-likeness (QED) is 0.573. The van der Waals surface area contributed by atoms with Crippen LogP contribution in [0.2, 0.25) is 0 Å². The number of nitrogens with one attached hydrogen (secondary N) is 1. The smallest absolute Gasteiger partial charge is 0.253 e. The Balaban J connectivity index is 1.75. The summed E-state index contributed by atoms with van der Waals surface area (Å²) in [6.45, 7) is 6.77. The van der Waals surface area contributed by atoms with E-state index in [0.717, 1.165) is 45.3 Å². The molecule has 0 bridgehead atoms. The maximum absolute atomic E-state index is 13.4. The fraction of sp³-hybridized carbons (Fsp3) is 0.682. The lowest BCUT2D eigenvalue weighted by molar-refractivity contribution is 0.0694. The number of carbonyl (C=O) groups excluding carboxylic acids is 1. The SMILES string of the molecule is CCN1CCC[C@H]1CN(CCN(C)C)C(=O)c1cccc(S(=O)(=O)NCC2CC2)c1. The zero-order valence-electron chi connectivity index (χ0n) is 18.5. The van der Waals surface area contributed by atoms with Crippen molar-refractivity contribution in [1.29, 1.82) is 0 Å². The topological polar surface area (TPSA) is 73.0 Å². The van der Waals surface area contributed by atoms with E-state index in [9.17, 15) is 13.2 Å². The zero-order chi connectivity index (χ0) is 21.7. The molecule has 1 amide bonds. The van der Waals surface area contributed by atoms with Gasteiger partial charge in [-0.3, -0.25) is 9.69 Å². The number of benzene rings is 1. The van der Waals surface area contributed by atoms with E-state index in [0.29, 0.717) is 37.2 Å². The Morgan fingerprint density at radius 3 is 2.63 bits per heavy atom. The summed E-state index contributed by atoms with van der Waals surface area (Å²) in [7, 11) is 0.396. The molecular weight excluding hydrogens is 400 g/mol. The van der Waals surface area contributed by atoms with Gasteiger partial charge in [0, 0.05) is 37.8 Å². The molecular formula is C22H36N4O3S. The number of rotatable bonds is 11. The number of carbonyl (C=O) groups is 1. The molecule has 7 nitrogen and oxygen atoms in total. The molecule has 1 heterocycles. The van der Waals surface area contributed by atoms with E-state index < -0.39 is 10.0 Å². The van der Waals surface area contributed by atoms with Gasteiger partial charge in [0.15, 0.2) is 0 Å². The van der Waals surface area contributed by atoms with Gasteiger partial charge < -0.3 is 9.80 Å². The van der Waals surface area contributed by atoms with Crippen molar-refractivity contribution in [2.75, 3.05) is 53.4 Å². The number of likely N-dealkylation sites (tertiary alicyclic amines) is 1. The van der Waals surface area contributed by atoms with Crippen molar-refractivity contribution in [1.82, 2.24) is 19.4 Å². The normalized spacial score (nSPS) is 20.1. The van der Waals surface area contributed by atoms with Crippen LogP contribution in [0, 0.1) is 5.92 Å². The van der Waals surface area contributed by atoms with Crippen molar-refractivity contribution in [2.24, 2.45) is 5.92 Å². The number of amides is 1. The Morgan fingerprint density at radius 1 is 1.20 bits per heavy atom. The summed E-state index contributed by atoms with van der Waals surface area (Å²) in [5.41, 5.74) is 0.434. The predicted octanol–water partition coefficient (Wildman–Crippen LogP) is 1.86. The first-order valence-corrected chi connectivity index (χ1v) is 12.6. The Hall–Kier alpha value is -1.48. The molecule has 0 aromatic heterocycles.